The van der Waals surface area contributed by atoms with Gasteiger partial charge in [-0.05, 0) is 12.8 Å². The van der Waals surface area contributed by atoms with Gasteiger partial charge < -0.3 is 19.9 Å². The molecule has 0 radical (unpaired) electrons. The van der Waals surface area contributed by atoms with Crippen LogP contribution in [0.2, 0.25) is 0 Å². The summed E-state index contributed by atoms with van der Waals surface area (Å²) >= 11 is 0. The number of hydrogen-bond acceptors (Lipinski definition) is 6. The fourth-order valence-corrected chi connectivity index (χ4v) is 4.75. The number of nitrogens with one attached hydrogen (secondary N) is 1. The van der Waals surface area contributed by atoms with E-state index in [9.17, 15) is 8.42 Å². The van der Waals surface area contributed by atoms with Crippen molar-refractivity contribution in [3.63, 3.8) is 0 Å². The van der Waals surface area contributed by atoms with Crippen LogP contribution < -0.4 is 24.7 Å². The van der Waals surface area contributed by atoms with Crippen molar-refractivity contribution in [2.24, 2.45) is 5.73 Å². The quantitative estimate of drug-likeness (QED) is 0.746. The van der Waals surface area contributed by atoms with Gasteiger partial charge in [0.25, 0.3) is 0 Å². The molecular weight excluding hydrogens is 356 g/mol. The van der Waals surface area contributed by atoms with Crippen LogP contribution in [0.25, 0.3) is 0 Å². The SMILES string of the molecule is COc1cc(OC)c(S(=O)(=O)NC2(CN)CCCC2)c(OC)c1.Cl. The van der Waals surface area contributed by atoms with Gasteiger partial charge in [0.15, 0.2) is 4.90 Å². The molecule has 0 aliphatic heterocycles. The molecule has 0 aromatic heterocycles. The highest BCUT2D eigenvalue weighted by Crippen LogP contribution is 2.39. The Kier molecular flexibility index (Phi) is 7.15. The molecule has 24 heavy (non-hydrogen) atoms. The Hall–Kier alpha value is -1.22. The van der Waals surface area contributed by atoms with Crippen LogP contribution in [0, 0.1) is 0 Å². The van der Waals surface area contributed by atoms with Crippen molar-refractivity contribution in [3.8, 4) is 17.2 Å². The Morgan fingerprint density at radius 2 is 1.58 bits per heavy atom. The summed E-state index contributed by atoms with van der Waals surface area (Å²) in [4.78, 5) is -0.0389. The number of sulfonamides is 1. The van der Waals surface area contributed by atoms with Crippen LogP contribution in [-0.2, 0) is 10.0 Å². The second kappa shape index (κ2) is 8.24. The van der Waals surface area contributed by atoms with Crippen molar-refractivity contribution < 1.29 is 22.6 Å². The lowest BCUT2D eigenvalue weighted by Crippen LogP contribution is -2.51. The average Bonchev–Trinajstić information content (AvgIpc) is 3.01. The Balaban J connectivity index is 0.00000288. The average molecular weight is 381 g/mol. The van der Waals surface area contributed by atoms with Gasteiger partial charge in [0.2, 0.25) is 10.0 Å². The van der Waals surface area contributed by atoms with Gasteiger partial charge in [0.1, 0.15) is 17.2 Å². The molecule has 1 fully saturated rings. The number of rotatable bonds is 7. The van der Waals surface area contributed by atoms with E-state index in [1.807, 2.05) is 0 Å². The lowest BCUT2D eigenvalue weighted by atomic mass is 10.0. The minimum atomic E-state index is -3.86. The van der Waals surface area contributed by atoms with E-state index in [1.54, 1.807) is 0 Å². The molecule has 1 saturated carbocycles. The predicted molar refractivity (Wildman–Crippen MR) is 93.9 cm³/mol. The number of methoxy groups -OCH3 is 3. The van der Waals surface area contributed by atoms with Gasteiger partial charge in [-0.3, -0.25) is 0 Å². The van der Waals surface area contributed by atoms with Crippen LogP contribution in [-0.4, -0.2) is 41.8 Å². The third-order valence-corrected chi connectivity index (χ3v) is 5.88. The summed E-state index contributed by atoms with van der Waals surface area (Å²) < 4.78 is 44.3. The van der Waals surface area contributed by atoms with Crippen molar-refractivity contribution in [2.75, 3.05) is 27.9 Å². The number of hydrogen-bond donors (Lipinski definition) is 2. The molecule has 0 spiro atoms. The maximum atomic E-state index is 12.9. The first kappa shape index (κ1) is 20.8. The van der Waals surface area contributed by atoms with Gasteiger partial charge in [0.05, 0.1) is 21.3 Å². The summed E-state index contributed by atoms with van der Waals surface area (Å²) in [6, 6.07) is 3.03. The van der Waals surface area contributed by atoms with Crippen LogP contribution in [0.4, 0.5) is 0 Å². The Morgan fingerprint density at radius 3 is 1.96 bits per heavy atom. The van der Waals surface area contributed by atoms with E-state index >= 15 is 0 Å². The van der Waals surface area contributed by atoms with Gasteiger partial charge in [-0.15, -0.1) is 12.4 Å². The molecule has 138 valence electrons. The Labute approximate surface area is 149 Å². The molecule has 1 aliphatic carbocycles. The highest BCUT2D eigenvalue weighted by molar-refractivity contribution is 7.89. The van der Waals surface area contributed by atoms with Gasteiger partial charge in [-0.25, -0.2) is 13.1 Å². The van der Waals surface area contributed by atoms with Crippen LogP contribution in [0.3, 0.4) is 0 Å². The maximum Gasteiger partial charge on any atom is 0.248 e. The van der Waals surface area contributed by atoms with Crippen molar-refractivity contribution in [1.82, 2.24) is 4.72 Å². The van der Waals surface area contributed by atoms with E-state index in [4.69, 9.17) is 19.9 Å². The predicted octanol–water partition coefficient (Wildman–Crippen LogP) is 1.68. The normalized spacial score (nSPS) is 16.3. The lowest BCUT2D eigenvalue weighted by Gasteiger charge is -2.29. The third-order valence-electron chi connectivity index (χ3n) is 4.24. The summed E-state index contributed by atoms with van der Waals surface area (Å²) in [5, 5.41) is 0. The smallest absolute Gasteiger partial charge is 0.248 e. The summed E-state index contributed by atoms with van der Waals surface area (Å²) in [6.45, 7) is 0.257. The van der Waals surface area contributed by atoms with E-state index in [1.165, 1.54) is 33.5 Å². The van der Waals surface area contributed by atoms with Crippen molar-refractivity contribution in [2.45, 2.75) is 36.1 Å². The van der Waals surface area contributed by atoms with Crippen molar-refractivity contribution in [3.05, 3.63) is 12.1 Å². The van der Waals surface area contributed by atoms with E-state index in [0.717, 1.165) is 25.7 Å². The number of benzene rings is 1. The third kappa shape index (κ3) is 4.05. The van der Waals surface area contributed by atoms with Crippen LogP contribution >= 0.6 is 12.4 Å². The van der Waals surface area contributed by atoms with Crippen LogP contribution in [0.15, 0.2) is 17.0 Å². The molecule has 0 unspecified atom stereocenters. The molecule has 1 aromatic carbocycles. The van der Waals surface area contributed by atoms with E-state index in [-0.39, 0.29) is 35.3 Å². The topological polar surface area (TPSA) is 99.9 Å². The fraction of sp³-hybridized carbons (Fsp3) is 0.600. The minimum Gasteiger partial charge on any atom is -0.496 e. The van der Waals surface area contributed by atoms with Crippen molar-refractivity contribution in [1.29, 1.82) is 0 Å². The van der Waals surface area contributed by atoms with Gasteiger partial charge in [-0.1, -0.05) is 12.8 Å². The zero-order chi connectivity index (χ0) is 17.1. The molecule has 0 saturated heterocycles. The summed E-state index contributed by atoms with van der Waals surface area (Å²) in [6.07, 6.45) is 3.36. The van der Waals surface area contributed by atoms with Gasteiger partial charge in [0, 0.05) is 24.2 Å². The summed E-state index contributed by atoms with van der Waals surface area (Å²) in [7, 11) is 0.437. The van der Waals surface area contributed by atoms with Gasteiger partial charge >= 0.3 is 0 Å². The Morgan fingerprint density at radius 1 is 1.08 bits per heavy atom. The highest BCUT2D eigenvalue weighted by atomic mass is 35.5. The molecular formula is C15H25ClN2O5S. The van der Waals surface area contributed by atoms with Crippen LogP contribution in [0.5, 0.6) is 17.2 Å². The zero-order valence-corrected chi connectivity index (χ0v) is 15.8. The molecule has 3 N–H and O–H groups in total. The fourth-order valence-electron chi connectivity index (χ4n) is 2.97. The molecule has 0 atom stereocenters. The molecule has 1 aliphatic rings. The minimum absolute atomic E-state index is 0. The molecule has 1 aromatic rings. The zero-order valence-electron chi connectivity index (χ0n) is 14.1. The Bertz CT molecular complexity index is 635. The van der Waals surface area contributed by atoms with E-state index < -0.39 is 15.6 Å². The standard InChI is InChI=1S/C15H24N2O5S.ClH/c1-20-11-8-12(21-2)14(13(9-11)22-3)23(18,19)17-15(10-16)6-4-5-7-15;/h8-9,17H,4-7,10,16H2,1-3H3;1H. The molecule has 9 heteroatoms. The van der Waals surface area contributed by atoms with Crippen LogP contribution in [0.1, 0.15) is 25.7 Å². The molecule has 7 nitrogen and oxygen atoms in total. The molecule has 2 rings (SSSR count). The van der Waals surface area contributed by atoms with Crippen molar-refractivity contribution >= 4 is 22.4 Å². The largest absolute Gasteiger partial charge is 0.496 e. The van der Waals surface area contributed by atoms with Gasteiger partial charge in [-0.2, -0.15) is 0 Å². The second-order valence-corrected chi connectivity index (χ2v) is 7.28. The molecule has 0 amide bonds. The lowest BCUT2D eigenvalue weighted by molar-refractivity contribution is 0.355. The highest BCUT2D eigenvalue weighted by Gasteiger charge is 2.39. The monoisotopic (exact) mass is 380 g/mol. The number of halogens is 1. The first-order chi connectivity index (χ1) is 10.9. The molecule has 0 bridgehead atoms. The first-order valence-corrected chi connectivity index (χ1v) is 8.94. The maximum absolute atomic E-state index is 12.9. The van der Waals surface area contributed by atoms with E-state index in [2.05, 4.69) is 4.72 Å². The number of nitrogens with two attached hydrogens (primary N) is 1. The summed E-state index contributed by atoms with van der Waals surface area (Å²) in [5.41, 5.74) is 5.23. The molecule has 0 heterocycles. The number of ether oxygens (including phenoxy) is 3. The summed E-state index contributed by atoms with van der Waals surface area (Å²) in [5.74, 6) is 0.782. The first-order valence-electron chi connectivity index (χ1n) is 7.45. The second-order valence-electron chi connectivity index (χ2n) is 5.66. The van der Waals surface area contributed by atoms with E-state index in [0.29, 0.717) is 5.75 Å².